The van der Waals surface area contributed by atoms with Gasteiger partial charge in [0.25, 0.3) is 5.91 Å². The standard InChI is InChI=1S/C24H26N2O4/c1-23(2)21(28)25-18-12-6-7-13-19(18)26(23)20(27)16-30-22(29)24(14-8-9-15-24)17-10-4-3-5-11-17/h3-7,10-13H,8-9,14-16H2,1-2H3,(H,25,28). The van der Waals surface area contributed by atoms with E-state index in [0.29, 0.717) is 24.2 Å². The Morgan fingerprint density at radius 2 is 1.63 bits per heavy atom. The molecule has 0 atom stereocenters. The van der Waals surface area contributed by atoms with E-state index in [1.54, 1.807) is 32.0 Å². The summed E-state index contributed by atoms with van der Waals surface area (Å²) in [6.45, 7) is 2.96. The summed E-state index contributed by atoms with van der Waals surface area (Å²) in [7, 11) is 0. The largest absolute Gasteiger partial charge is 0.455 e. The number of amides is 2. The van der Waals surface area contributed by atoms with Crippen LogP contribution in [0.5, 0.6) is 0 Å². The lowest BCUT2D eigenvalue weighted by Gasteiger charge is -2.42. The average Bonchev–Trinajstić information content (AvgIpc) is 3.24. The summed E-state index contributed by atoms with van der Waals surface area (Å²) in [4.78, 5) is 40.3. The number of hydrogen-bond donors (Lipinski definition) is 1. The third-order valence-corrected chi connectivity index (χ3v) is 6.26. The second-order valence-electron chi connectivity index (χ2n) is 8.49. The highest BCUT2D eigenvalue weighted by Gasteiger charge is 2.46. The second kappa shape index (κ2) is 7.59. The summed E-state index contributed by atoms with van der Waals surface area (Å²) in [6.07, 6.45) is 3.32. The molecule has 0 spiro atoms. The van der Waals surface area contributed by atoms with Crippen LogP contribution in [0, 0.1) is 0 Å². The number of nitrogens with one attached hydrogen (secondary N) is 1. The van der Waals surface area contributed by atoms with Gasteiger partial charge >= 0.3 is 5.97 Å². The summed E-state index contributed by atoms with van der Waals surface area (Å²) < 4.78 is 5.58. The van der Waals surface area contributed by atoms with Crippen LogP contribution in [0.25, 0.3) is 0 Å². The third-order valence-electron chi connectivity index (χ3n) is 6.26. The van der Waals surface area contributed by atoms with Crippen molar-refractivity contribution in [2.45, 2.75) is 50.5 Å². The molecule has 0 bridgehead atoms. The molecule has 1 heterocycles. The van der Waals surface area contributed by atoms with E-state index in [0.717, 1.165) is 18.4 Å². The number of carbonyl (C=O) groups is 3. The number of benzene rings is 2. The van der Waals surface area contributed by atoms with Gasteiger partial charge in [0.2, 0.25) is 5.91 Å². The van der Waals surface area contributed by atoms with Crippen LogP contribution in [0.2, 0.25) is 0 Å². The van der Waals surface area contributed by atoms with Crippen LogP contribution in [0.4, 0.5) is 11.4 Å². The number of hydrogen-bond acceptors (Lipinski definition) is 4. The fourth-order valence-electron chi connectivity index (χ4n) is 4.57. The fourth-order valence-corrected chi connectivity index (χ4v) is 4.57. The lowest BCUT2D eigenvalue weighted by atomic mass is 9.79. The Balaban J connectivity index is 1.56. The van der Waals surface area contributed by atoms with Crippen LogP contribution < -0.4 is 10.2 Å². The number of rotatable bonds is 4. The zero-order valence-electron chi connectivity index (χ0n) is 17.3. The van der Waals surface area contributed by atoms with Gasteiger partial charge in [-0.1, -0.05) is 55.3 Å². The topological polar surface area (TPSA) is 75.7 Å². The van der Waals surface area contributed by atoms with E-state index in [4.69, 9.17) is 4.74 Å². The first-order valence-corrected chi connectivity index (χ1v) is 10.3. The van der Waals surface area contributed by atoms with Crippen molar-refractivity contribution in [3.63, 3.8) is 0 Å². The summed E-state index contributed by atoms with van der Waals surface area (Å²) in [5, 5.41) is 2.83. The molecule has 0 unspecified atom stereocenters. The van der Waals surface area contributed by atoms with E-state index in [1.165, 1.54) is 4.90 Å². The van der Waals surface area contributed by atoms with Crippen LogP contribution in [0.15, 0.2) is 54.6 Å². The van der Waals surface area contributed by atoms with Gasteiger partial charge in [0.15, 0.2) is 6.61 Å². The van der Waals surface area contributed by atoms with Crippen molar-refractivity contribution in [1.82, 2.24) is 0 Å². The first kappa shape index (κ1) is 20.1. The minimum absolute atomic E-state index is 0.280. The number of ether oxygens (including phenoxy) is 1. The highest BCUT2D eigenvalue weighted by molar-refractivity contribution is 6.14. The Bertz CT molecular complexity index is 978. The maximum Gasteiger partial charge on any atom is 0.317 e. The van der Waals surface area contributed by atoms with Crippen LogP contribution in [-0.2, 0) is 24.5 Å². The van der Waals surface area contributed by atoms with Gasteiger partial charge in [-0.3, -0.25) is 19.3 Å². The fraction of sp³-hybridized carbons (Fsp3) is 0.375. The number of nitrogens with zero attached hydrogens (tertiary/aromatic N) is 1. The van der Waals surface area contributed by atoms with Crippen molar-refractivity contribution in [1.29, 1.82) is 0 Å². The molecule has 0 saturated heterocycles. The molecule has 1 aliphatic carbocycles. The quantitative estimate of drug-likeness (QED) is 0.784. The molecule has 1 aliphatic heterocycles. The molecule has 30 heavy (non-hydrogen) atoms. The molecule has 0 aromatic heterocycles. The van der Waals surface area contributed by atoms with Crippen molar-refractivity contribution in [3.05, 3.63) is 60.2 Å². The van der Waals surface area contributed by atoms with Gasteiger partial charge in [0.05, 0.1) is 16.8 Å². The smallest absolute Gasteiger partial charge is 0.317 e. The predicted molar refractivity (Wildman–Crippen MR) is 114 cm³/mol. The molecule has 2 amide bonds. The zero-order chi connectivity index (χ0) is 21.4. The van der Waals surface area contributed by atoms with Gasteiger partial charge in [-0.15, -0.1) is 0 Å². The number of esters is 1. The van der Waals surface area contributed by atoms with E-state index in [-0.39, 0.29) is 11.9 Å². The normalized spacial score (nSPS) is 19.0. The Kier molecular flexibility index (Phi) is 5.10. The van der Waals surface area contributed by atoms with Crippen molar-refractivity contribution in [2.75, 3.05) is 16.8 Å². The van der Waals surface area contributed by atoms with Crippen LogP contribution in [-0.4, -0.2) is 29.9 Å². The van der Waals surface area contributed by atoms with Gasteiger partial charge in [0, 0.05) is 0 Å². The number of anilines is 2. The number of fused-ring (bicyclic) bond motifs is 1. The highest BCUT2D eigenvalue weighted by atomic mass is 16.5. The van der Waals surface area contributed by atoms with E-state index in [9.17, 15) is 14.4 Å². The Hall–Kier alpha value is -3.15. The van der Waals surface area contributed by atoms with Crippen LogP contribution in [0.1, 0.15) is 45.1 Å². The molecule has 6 heteroatoms. The van der Waals surface area contributed by atoms with Crippen molar-refractivity contribution < 1.29 is 19.1 Å². The third kappa shape index (κ3) is 3.26. The minimum Gasteiger partial charge on any atom is -0.455 e. The van der Waals surface area contributed by atoms with Crippen molar-refractivity contribution >= 4 is 29.2 Å². The Labute approximate surface area is 176 Å². The summed E-state index contributed by atoms with van der Waals surface area (Å²) >= 11 is 0. The SMILES string of the molecule is CC1(C)C(=O)Nc2ccccc2N1C(=O)COC(=O)C1(c2ccccc2)CCCC1. The number of para-hydroxylation sites is 2. The van der Waals surface area contributed by atoms with Crippen molar-refractivity contribution in [2.24, 2.45) is 0 Å². The molecule has 1 saturated carbocycles. The van der Waals surface area contributed by atoms with Gasteiger partial charge < -0.3 is 10.1 Å². The van der Waals surface area contributed by atoms with Gasteiger partial charge in [0.1, 0.15) is 5.54 Å². The van der Waals surface area contributed by atoms with E-state index >= 15 is 0 Å². The lowest BCUT2D eigenvalue weighted by Crippen LogP contribution is -2.59. The summed E-state index contributed by atoms with van der Waals surface area (Å²) in [5.41, 5.74) is 0.305. The summed E-state index contributed by atoms with van der Waals surface area (Å²) in [6, 6.07) is 16.8. The highest BCUT2D eigenvalue weighted by Crippen LogP contribution is 2.42. The monoisotopic (exact) mass is 406 g/mol. The average molecular weight is 406 g/mol. The summed E-state index contributed by atoms with van der Waals surface area (Å²) in [5.74, 6) is -1.07. The molecule has 1 fully saturated rings. The van der Waals surface area contributed by atoms with Crippen LogP contribution in [0.3, 0.4) is 0 Å². The van der Waals surface area contributed by atoms with Gasteiger partial charge in [-0.05, 0) is 44.4 Å². The molecule has 2 aromatic rings. The first-order valence-electron chi connectivity index (χ1n) is 10.3. The van der Waals surface area contributed by atoms with E-state index in [1.807, 2.05) is 36.4 Å². The molecule has 1 N–H and O–H groups in total. The van der Waals surface area contributed by atoms with Gasteiger partial charge in [-0.25, -0.2) is 0 Å². The maximum absolute atomic E-state index is 13.2. The first-order chi connectivity index (χ1) is 14.4. The Morgan fingerprint density at radius 3 is 2.33 bits per heavy atom. The molecule has 0 radical (unpaired) electrons. The van der Waals surface area contributed by atoms with Crippen molar-refractivity contribution in [3.8, 4) is 0 Å². The van der Waals surface area contributed by atoms with Gasteiger partial charge in [-0.2, -0.15) is 0 Å². The number of carbonyl (C=O) groups excluding carboxylic acids is 3. The molecule has 6 nitrogen and oxygen atoms in total. The Morgan fingerprint density at radius 1 is 1.00 bits per heavy atom. The second-order valence-corrected chi connectivity index (χ2v) is 8.49. The molecule has 156 valence electrons. The molecular weight excluding hydrogens is 380 g/mol. The minimum atomic E-state index is -1.09. The maximum atomic E-state index is 13.2. The molecular formula is C24H26N2O4. The lowest BCUT2D eigenvalue weighted by molar-refractivity contribution is -0.154. The molecule has 2 aliphatic rings. The molecule has 4 rings (SSSR count). The van der Waals surface area contributed by atoms with E-state index in [2.05, 4.69) is 5.32 Å². The zero-order valence-corrected chi connectivity index (χ0v) is 17.3. The van der Waals surface area contributed by atoms with Crippen LogP contribution >= 0.6 is 0 Å². The molecule has 2 aromatic carbocycles. The van der Waals surface area contributed by atoms with E-state index < -0.39 is 23.5 Å². The predicted octanol–water partition coefficient (Wildman–Crippen LogP) is 3.81.